The van der Waals surface area contributed by atoms with Gasteiger partial charge < -0.3 is 10.2 Å². The van der Waals surface area contributed by atoms with Crippen LogP contribution in [0.3, 0.4) is 0 Å². The highest BCUT2D eigenvalue weighted by Gasteiger charge is 2.21. The maximum Gasteiger partial charge on any atom is 0.238 e. The number of benzene rings is 1. The zero-order chi connectivity index (χ0) is 16.5. The number of amides is 2. The highest BCUT2D eigenvalue weighted by Crippen LogP contribution is 2.08. The third-order valence-corrected chi connectivity index (χ3v) is 4.14. The fraction of sp³-hybridized carbons (Fsp3) is 0.556. The summed E-state index contributed by atoms with van der Waals surface area (Å²) < 4.78 is 0. The molecular weight excluding hydrogens is 290 g/mol. The van der Waals surface area contributed by atoms with E-state index in [1.807, 2.05) is 35.2 Å². The lowest BCUT2D eigenvalue weighted by Gasteiger charge is -2.34. The van der Waals surface area contributed by atoms with Crippen molar-refractivity contribution < 1.29 is 9.59 Å². The molecule has 0 aromatic heterocycles. The molecule has 2 rings (SSSR count). The Hall–Kier alpha value is -1.88. The maximum absolute atomic E-state index is 12.1. The van der Waals surface area contributed by atoms with E-state index in [0.717, 1.165) is 51.1 Å². The van der Waals surface area contributed by atoms with Crippen LogP contribution < -0.4 is 5.32 Å². The molecule has 0 saturated carbocycles. The summed E-state index contributed by atoms with van der Waals surface area (Å²) in [5.74, 6) is 0.255. The van der Waals surface area contributed by atoms with Crippen LogP contribution in [0.2, 0.25) is 0 Å². The number of hydrogen-bond acceptors (Lipinski definition) is 3. The Kier molecular flexibility index (Phi) is 7.07. The number of hydrogen-bond donors (Lipinski definition) is 1. The first-order chi connectivity index (χ1) is 11.2. The van der Waals surface area contributed by atoms with E-state index < -0.39 is 0 Å². The highest BCUT2D eigenvalue weighted by molar-refractivity contribution is 5.92. The van der Waals surface area contributed by atoms with Crippen LogP contribution in [0.5, 0.6) is 0 Å². The smallest absolute Gasteiger partial charge is 0.238 e. The van der Waals surface area contributed by atoms with Gasteiger partial charge in [-0.05, 0) is 18.6 Å². The fourth-order valence-corrected chi connectivity index (χ4v) is 2.76. The summed E-state index contributed by atoms with van der Waals surface area (Å²) in [6.07, 6.45) is 3.89. The molecule has 126 valence electrons. The molecule has 0 bridgehead atoms. The second-order valence-corrected chi connectivity index (χ2v) is 6.03. The second kappa shape index (κ2) is 9.30. The molecule has 1 aliphatic rings. The van der Waals surface area contributed by atoms with Crippen molar-refractivity contribution in [1.29, 1.82) is 0 Å². The molecule has 0 unspecified atom stereocenters. The lowest BCUT2D eigenvalue weighted by Crippen LogP contribution is -2.50. The van der Waals surface area contributed by atoms with Gasteiger partial charge in [0, 0.05) is 38.3 Å². The Labute approximate surface area is 138 Å². The molecule has 1 aromatic carbocycles. The number of nitrogens with one attached hydrogen (secondary N) is 1. The van der Waals surface area contributed by atoms with Crippen molar-refractivity contribution in [1.82, 2.24) is 9.80 Å². The average Bonchev–Trinajstić information content (AvgIpc) is 2.56. The molecule has 5 nitrogen and oxygen atoms in total. The van der Waals surface area contributed by atoms with Crippen LogP contribution in [-0.4, -0.2) is 54.3 Å². The van der Waals surface area contributed by atoms with Gasteiger partial charge in [-0.2, -0.15) is 0 Å². The quantitative estimate of drug-likeness (QED) is 0.786. The van der Waals surface area contributed by atoms with E-state index in [0.29, 0.717) is 13.0 Å². The lowest BCUT2D eigenvalue weighted by molar-refractivity contribution is -0.133. The number of para-hydroxylation sites is 1. The number of carbonyl (C=O) groups is 2. The van der Waals surface area contributed by atoms with Crippen molar-refractivity contribution in [2.45, 2.75) is 32.6 Å². The predicted octanol–water partition coefficient (Wildman–Crippen LogP) is 2.35. The normalized spacial score (nSPS) is 15.4. The van der Waals surface area contributed by atoms with E-state index in [-0.39, 0.29) is 11.8 Å². The summed E-state index contributed by atoms with van der Waals surface area (Å²) in [4.78, 5) is 28.1. The number of unbranched alkanes of at least 4 members (excludes halogenated alkanes) is 2. The van der Waals surface area contributed by atoms with Crippen molar-refractivity contribution in [3.63, 3.8) is 0 Å². The molecular formula is C18H27N3O2. The van der Waals surface area contributed by atoms with Crippen LogP contribution >= 0.6 is 0 Å². The molecule has 0 atom stereocenters. The molecule has 5 heteroatoms. The minimum Gasteiger partial charge on any atom is -0.340 e. The van der Waals surface area contributed by atoms with Crippen molar-refractivity contribution >= 4 is 17.5 Å². The molecule has 2 amide bonds. The molecule has 1 N–H and O–H groups in total. The number of carbonyl (C=O) groups excluding carboxylic acids is 2. The Morgan fingerprint density at radius 1 is 1.04 bits per heavy atom. The van der Waals surface area contributed by atoms with Crippen molar-refractivity contribution in [2.75, 3.05) is 38.0 Å². The zero-order valence-corrected chi connectivity index (χ0v) is 14.0. The monoisotopic (exact) mass is 317 g/mol. The topological polar surface area (TPSA) is 52.7 Å². The van der Waals surface area contributed by atoms with Gasteiger partial charge in [0.05, 0.1) is 6.54 Å². The number of rotatable bonds is 7. The zero-order valence-electron chi connectivity index (χ0n) is 14.0. The molecule has 1 aliphatic heterocycles. The fourth-order valence-electron chi connectivity index (χ4n) is 2.76. The SMILES string of the molecule is CCCCCC(=O)N1CCN(CC(=O)Nc2ccccc2)CC1. The Bertz CT molecular complexity index is 496. The molecule has 0 radical (unpaired) electrons. The summed E-state index contributed by atoms with van der Waals surface area (Å²) in [7, 11) is 0. The van der Waals surface area contributed by atoms with Gasteiger partial charge in [-0.15, -0.1) is 0 Å². The predicted molar refractivity (Wildman–Crippen MR) is 92.2 cm³/mol. The Balaban J connectivity index is 1.68. The molecule has 1 saturated heterocycles. The van der Waals surface area contributed by atoms with E-state index in [4.69, 9.17) is 0 Å². The minimum atomic E-state index is -0.000998. The summed E-state index contributed by atoms with van der Waals surface area (Å²) in [5, 5.41) is 2.90. The van der Waals surface area contributed by atoms with E-state index in [9.17, 15) is 9.59 Å². The molecule has 0 spiro atoms. The Morgan fingerprint density at radius 3 is 2.39 bits per heavy atom. The molecule has 1 heterocycles. The summed E-state index contributed by atoms with van der Waals surface area (Å²) >= 11 is 0. The van der Waals surface area contributed by atoms with Crippen LogP contribution in [0.4, 0.5) is 5.69 Å². The summed E-state index contributed by atoms with van der Waals surface area (Å²) in [5.41, 5.74) is 0.822. The first kappa shape index (κ1) is 17.5. The standard InChI is InChI=1S/C18H27N3O2/c1-2-3-5-10-18(23)21-13-11-20(12-14-21)15-17(22)19-16-8-6-4-7-9-16/h4,6-9H,2-3,5,10-15H2,1H3,(H,19,22). The van der Waals surface area contributed by atoms with Gasteiger partial charge in [-0.3, -0.25) is 14.5 Å². The first-order valence-corrected chi connectivity index (χ1v) is 8.54. The first-order valence-electron chi connectivity index (χ1n) is 8.54. The van der Waals surface area contributed by atoms with E-state index in [2.05, 4.69) is 17.1 Å². The lowest BCUT2D eigenvalue weighted by atomic mass is 10.2. The third kappa shape index (κ3) is 6.02. The van der Waals surface area contributed by atoms with Gasteiger partial charge in [-0.25, -0.2) is 0 Å². The summed E-state index contributed by atoms with van der Waals surface area (Å²) in [6, 6.07) is 9.49. The summed E-state index contributed by atoms with van der Waals surface area (Å²) in [6.45, 7) is 5.51. The minimum absolute atomic E-state index is 0.000998. The van der Waals surface area contributed by atoms with Gasteiger partial charge in [0.15, 0.2) is 0 Å². The molecule has 23 heavy (non-hydrogen) atoms. The number of nitrogens with zero attached hydrogens (tertiary/aromatic N) is 2. The van der Waals surface area contributed by atoms with E-state index in [1.165, 1.54) is 0 Å². The van der Waals surface area contributed by atoms with Gasteiger partial charge in [0.2, 0.25) is 11.8 Å². The van der Waals surface area contributed by atoms with Crippen LogP contribution in [-0.2, 0) is 9.59 Å². The van der Waals surface area contributed by atoms with Crippen molar-refractivity contribution in [3.05, 3.63) is 30.3 Å². The third-order valence-electron chi connectivity index (χ3n) is 4.14. The van der Waals surface area contributed by atoms with Gasteiger partial charge in [0.1, 0.15) is 0 Å². The van der Waals surface area contributed by atoms with Gasteiger partial charge >= 0.3 is 0 Å². The van der Waals surface area contributed by atoms with Crippen molar-refractivity contribution in [2.24, 2.45) is 0 Å². The van der Waals surface area contributed by atoms with E-state index in [1.54, 1.807) is 0 Å². The maximum atomic E-state index is 12.1. The van der Waals surface area contributed by atoms with Crippen LogP contribution in [0.25, 0.3) is 0 Å². The van der Waals surface area contributed by atoms with Crippen LogP contribution in [0, 0.1) is 0 Å². The van der Waals surface area contributed by atoms with Crippen molar-refractivity contribution in [3.8, 4) is 0 Å². The van der Waals surface area contributed by atoms with Crippen LogP contribution in [0.1, 0.15) is 32.6 Å². The molecule has 0 aliphatic carbocycles. The highest BCUT2D eigenvalue weighted by atomic mass is 16.2. The Morgan fingerprint density at radius 2 is 1.74 bits per heavy atom. The molecule has 1 aromatic rings. The molecule has 1 fully saturated rings. The van der Waals surface area contributed by atoms with Gasteiger partial charge in [0.25, 0.3) is 0 Å². The number of anilines is 1. The number of piperazine rings is 1. The largest absolute Gasteiger partial charge is 0.340 e. The van der Waals surface area contributed by atoms with Gasteiger partial charge in [-0.1, -0.05) is 38.0 Å². The second-order valence-electron chi connectivity index (χ2n) is 6.03. The van der Waals surface area contributed by atoms with Crippen LogP contribution in [0.15, 0.2) is 30.3 Å². The van der Waals surface area contributed by atoms with E-state index >= 15 is 0 Å². The average molecular weight is 317 g/mol.